The molecule has 0 unspecified atom stereocenters. The molecular formula is C31H37N3O3. The van der Waals surface area contributed by atoms with Crippen molar-refractivity contribution in [3.8, 4) is 0 Å². The summed E-state index contributed by atoms with van der Waals surface area (Å²) >= 11 is 0. The van der Waals surface area contributed by atoms with Gasteiger partial charge in [0.1, 0.15) is 0 Å². The van der Waals surface area contributed by atoms with E-state index in [0.717, 1.165) is 44.5 Å². The van der Waals surface area contributed by atoms with Crippen LogP contribution >= 0.6 is 0 Å². The fourth-order valence-corrected chi connectivity index (χ4v) is 4.85. The molecule has 6 heteroatoms. The molecule has 37 heavy (non-hydrogen) atoms. The summed E-state index contributed by atoms with van der Waals surface area (Å²) in [6.07, 6.45) is 4.16. The highest BCUT2D eigenvalue weighted by Gasteiger charge is 2.24. The first-order chi connectivity index (χ1) is 18.1. The fourth-order valence-electron chi connectivity index (χ4n) is 4.85. The van der Waals surface area contributed by atoms with Crippen LogP contribution in [0.2, 0.25) is 0 Å². The van der Waals surface area contributed by atoms with Crippen molar-refractivity contribution in [1.82, 2.24) is 5.32 Å². The van der Waals surface area contributed by atoms with Crippen LogP contribution in [0.5, 0.6) is 0 Å². The van der Waals surface area contributed by atoms with Crippen molar-refractivity contribution in [2.75, 3.05) is 43.6 Å². The van der Waals surface area contributed by atoms with Crippen molar-refractivity contribution < 1.29 is 14.3 Å². The SMILES string of the molecule is CCc1ccc(C(=O)Nc2ccc(N3CCC(Cc4ccccc4)CC3)c(C(=O)NCCOC)c2)cc1. The average Bonchev–Trinajstić information content (AvgIpc) is 2.94. The Kier molecular flexibility index (Phi) is 9.33. The maximum Gasteiger partial charge on any atom is 0.255 e. The summed E-state index contributed by atoms with van der Waals surface area (Å²) in [5.41, 5.74) is 5.22. The van der Waals surface area contributed by atoms with Gasteiger partial charge in [0.05, 0.1) is 12.2 Å². The summed E-state index contributed by atoms with van der Waals surface area (Å²) in [6.45, 7) is 4.74. The normalized spacial score (nSPS) is 13.8. The first-order valence-corrected chi connectivity index (χ1v) is 13.2. The van der Waals surface area contributed by atoms with Crippen LogP contribution < -0.4 is 15.5 Å². The molecule has 1 heterocycles. The Hall–Kier alpha value is -3.64. The smallest absolute Gasteiger partial charge is 0.255 e. The zero-order valence-electron chi connectivity index (χ0n) is 21.8. The summed E-state index contributed by atoms with van der Waals surface area (Å²) in [5, 5.41) is 5.90. The summed E-state index contributed by atoms with van der Waals surface area (Å²) in [4.78, 5) is 28.3. The molecule has 6 nitrogen and oxygen atoms in total. The van der Waals surface area contributed by atoms with E-state index in [1.807, 2.05) is 36.4 Å². The Morgan fingerprint density at radius 1 is 0.919 bits per heavy atom. The van der Waals surface area contributed by atoms with Crippen molar-refractivity contribution in [2.45, 2.75) is 32.6 Å². The number of amides is 2. The van der Waals surface area contributed by atoms with Gasteiger partial charge in [0, 0.05) is 43.7 Å². The van der Waals surface area contributed by atoms with E-state index in [1.54, 1.807) is 13.2 Å². The number of piperidine rings is 1. The topological polar surface area (TPSA) is 70.7 Å². The number of hydrogen-bond donors (Lipinski definition) is 2. The predicted octanol–water partition coefficient (Wildman–Crippen LogP) is 5.34. The highest BCUT2D eigenvalue weighted by Crippen LogP contribution is 2.30. The molecule has 2 amide bonds. The molecule has 0 bridgehead atoms. The molecule has 194 valence electrons. The van der Waals surface area contributed by atoms with Crippen molar-refractivity contribution in [3.05, 3.63) is 95.1 Å². The van der Waals surface area contributed by atoms with E-state index >= 15 is 0 Å². The second-order valence-electron chi connectivity index (χ2n) is 9.61. The summed E-state index contributed by atoms with van der Waals surface area (Å²) in [5.74, 6) is 0.278. The van der Waals surface area contributed by atoms with Gasteiger partial charge in [-0.3, -0.25) is 9.59 Å². The summed E-state index contributed by atoms with van der Waals surface area (Å²) in [6, 6.07) is 23.9. The van der Waals surface area contributed by atoms with E-state index in [-0.39, 0.29) is 11.8 Å². The van der Waals surface area contributed by atoms with Gasteiger partial charge in [0.15, 0.2) is 0 Å². The minimum atomic E-state index is -0.192. The molecule has 4 rings (SSSR count). The molecule has 1 aliphatic rings. The van der Waals surface area contributed by atoms with Gasteiger partial charge in [-0.2, -0.15) is 0 Å². The molecule has 0 spiro atoms. The molecule has 1 aliphatic heterocycles. The first-order valence-electron chi connectivity index (χ1n) is 13.2. The van der Waals surface area contributed by atoms with Crippen molar-refractivity contribution >= 4 is 23.2 Å². The molecule has 0 radical (unpaired) electrons. The molecule has 0 saturated carbocycles. The fraction of sp³-hybridized carbons (Fsp3) is 0.355. The van der Waals surface area contributed by atoms with Crippen LogP contribution in [0.15, 0.2) is 72.8 Å². The van der Waals surface area contributed by atoms with Crippen molar-refractivity contribution in [1.29, 1.82) is 0 Å². The van der Waals surface area contributed by atoms with Gasteiger partial charge in [0.25, 0.3) is 11.8 Å². The second kappa shape index (κ2) is 13.1. The maximum atomic E-state index is 13.2. The standard InChI is InChI=1S/C31H37N3O3/c1-3-23-9-11-26(12-10-23)30(35)33-27-13-14-29(28(22-27)31(36)32-17-20-37-2)34-18-15-25(16-19-34)21-24-7-5-4-6-8-24/h4-14,22,25H,3,15-21H2,1-2H3,(H,32,36)(H,33,35). The molecule has 2 N–H and O–H groups in total. The van der Waals surface area contributed by atoms with Gasteiger partial charge in [-0.05, 0) is 73.1 Å². The Balaban J connectivity index is 1.48. The quantitative estimate of drug-likeness (QED) is 0.370. The molecular weight excluding hydrogens is 462 g/mol. The third-order valence-electron chi connectivity index (χ3n) is 7.04. The third kappa shape index (κ3) is 7.20. The number of carbonyl (C=O) groups excluding carboxylic acids is 2. The Labute approximate surface area is 220 Å². The first kappa shape index (κ1) is 26.4. The largest absolute Gasteiger partial charge is 0.383 e. The molecule has 1 fully saturated rings. The van der Waals surface area contributed by atoms with Crippen molar-refractivity contribution in [2.24, 2.45) is 5.92 Å². The van der Waals surface area contributed by atoms with Crippen LogP contribution in [0.25, 0.3) is 0 Å². The van der Waals surface area contributed by atoms with Crippen LogP contribution in [0.4, 0.5) is 11.4 Å². The van der Waals surface area contributed by atoms with Crippen LogP contribution in [-0.4, -0.2) is 45.2 Å². The van der Waals surface area contributed by atoms with Gasteiger partial charge < -0.3 is 20.3 Å². The van der Waals surface area contributed by atoms with E-state index in [0.29, 0.717) is 35.9 Å². The number of nitrogens with one attached hydrogen (secondary N) is 2. The predicted molar refractivity (Wildman–Crippen MR) is 150 cm³/mol. The number of carbonyl (C=O) groups is 2. The average molecular weight is 500 g/mol. The van der Waals surface area contributed by atoms with Gasteiger partial charge in [-0.15, -0.1) is 0 Å². The lowest BCUT2D eigenvalue weighted by Gasteiger charge is -2.35. The maximum absolute atomic E-state index is 13.2. The van der Waals surface area contributed by atoms with E-state index in [2.05, 4.69) is 52.8 Å². The Bertz CT molecular complexity index is 1170. The number of benzene rings is 3. The van der Waals surface area contributed by atoms with Gasteiger partial charge >= 0.3 is 0 Å². The zero-order valence-corrected chi connectivity index (χ0v) is 21.8. The van der Waals surface area contributed by atoms with Gasteiger partial charge in [-0.25, -0.2) is 0 Å². The number of nitrogens with zero attached hydrogens (tertiary/aromatic N) is 1. The van der Waals surface area contributed by atoms with E-state index in [9.17, 15) is 9.59 Å². The molecule has 0 aliphatic carbocycles. The molecule has 0 aromatic heterocycles. The molecule has 0 atom stereocenters. The van der Waals surface area contributed by atoms with Crippen LogP contribution in [0, 0.1) is 5.92 Å². The number of ether oxygens (including phenoxy) is 1. The van der Waals surface area contributed by atoms with Gasteiger partial charge in [0.2, 0.25) is 0 Å². The molecule has 1 saturated heterocycles. The monoisotopic (exact) mass is 499 g/mol. The lowest BCUT2D eigenvalue weighted by Crippen LogP contribution is -2.36. The van der Waals surface area contributed by atoms with E-state index < -0.39 is 0 Å². The Morgan fingerprint density at radius 3 is 2.32 bits per heavy atom. The van der Waals surface area contributed by atoms with E-state index in [1.165, 1.54) is 11.1 Å². The number of anilines is 2. The van der Waals surface area contributed by atoms with Crippen LogP contribution in [0.1, 0.15) is 51.6 Å². The number of methoxy groups -OCH3 is 1. The number of aryl methyl sites for hydroxylation is 1. The van der Waals surface area contributed by atoms with Crippen LogP contribution in [0.3, 0.4) is 0 Å². The third-order valence-corrected chi connectivity index (χ3v) is 7.04. The molecule has 3 aromatic carbocycles. The van der Waals surface area contributed by atoms with Crippen LogP contribution in [-0.2, 0) is 17.6 Å². The summed E-state index contributed by atoms with van der Waals surface area (Å²) < 4.78 is 5.09. The van der Waals surface area contributed by atoms with Gasteiger partial charge in [-0.1, -0.05) is 49.4 Å². The second-order valence-corrected chi connectivity index (χ2v) is 9.61. The van der Waals surface area contributed by atoms with Crippen molar-refractivity contribution in [3.63, 3.8) is 0 Å². The summed E-state index contributed by atoms with van der Waals surface area (Å²) in [7, 11) is 1.61. The minimum absolute atomic E-state index is 0.165. The highest BCUT2D eigenvalue weighted by atomic mass is 16.5. The number of rotatable bonds is 10. The Morgan fingerprint density at radius 2 is 1.65 bits per heavy atom. The number of hydrogen-bond acceptors (Lipinski definition) is 4. The zero-order chi connectivity index (χ0) is 26.0. The minimum Gasteiger partial charge on any atom is -0.383 e. The van der Waals surface area contributed by atoms with E-state index in [4.69, 9.17) is 4.74 Å². The highest BCUT2D eigenvalue weighted by molar-refractivity contribution is 6.06. The lowest BCUT2D eigenvalue weighted by molar-refractivity contribution is 0.0936. The molecule has 3 aromatic rings. The lowest BCUT2D eigenvalue weighted by atomic mass is 9.89.